The van der Waals surface area contributed by atoms with Crippen molar-refractivity contribution in [2.75, 3.05) is 18.5 Å². The maximum Gasteiger partial charge on any atom is 0.221 e. The van der Waals surface area contributed by atoms with Crippen molar-refractivity contribution in [2.45, 2.75) is 39.8 Å². The predicted molar refractivity (Wildman–Crippen MR) is 84.2 cm³/mol. The highest BCUT2D eigenvalue weighted by atomic mass is 16.5. The minimum atomic E-state index is -0.614. The number of quaternary nitrogens is 1. The van der Waals surface area contributed by atoms with Crippen LogP contribution in [0.25, 0.3) is 0 Å². The van der Waals surface area contributed by atoms with E-state index in [4.69, 9.17) is 4.74 Å². The predicted octanol–water partition coefficient (Wildman–Crippen LogP) is 0.559. The van der Waals surface area contributed by atoms with Crippen molar-refractivity contribution in [3.8, 4) is 5.75 Å². The minimum absolute atomic E-state index is 0.114. The van der Waals surface area contributed by atoms with E-state index >= 15 is 0 Å². The topological polar surface area (TPSA) is 92.2 Å². The molecule has 0 saturated heterocycles. The molecule has 0 aromatic heterocycles. The number of carbonyl (C=O) groups excluding carboxylic acids is 2. The molecule has 0 aliphatic carbocycles. The zero-order valence-electron chi connectivity index (χ0n) is 13.6. The highest BCUT2D eigenvalue weighted by molar-refractivity contribution is 5.99. The van der Waals surface area contributed by atoms with E-state index in [1.54, 1.807) is 18.2 Å². The van der Waals surface area contributed by atoms with E-state index in [2.05, 4.69) is 5.32 Å². The van der Waals surface area contributed by atoms with Crippen molar-refractivity contribution in [2.24, 2.45) is 0 Å². The van der Waals surface area contributed by atoms with Gasteiger partial charge in [-0.3, -0.25) is 9.59 Å². The zero-order valence-corrected chi connectivity index (χ0v) is 13.6. The average molecular weight is 309 g/mol. The van der Waals surface area contributed by atoms with Gasteiger partial charge < -0.3 is 20.5 Å². The number of hydrogen-bond donors (Lipinski definition) is 3. The first-order valence-electron chi connectivity index (χ1n) is 7.36. The molecule has 1 rings (SSSR count). The molecule has 6 heteroatoms. The Labute approximate surface area is 130 Å². The molecule has 1 atom stereocenters. The van der Waals surface area contributed by atoms with E-state index in [0.717, 1.165) is 0 Å². The van der Waals surface area contributed by atoms with E-state index in [1.807, 2.05) is 19.2 Å². The van der Waals surface area contributed by atoms with E-state index in [-0.39, 0.29) is 18.3 Å². The van der Waals surface area contributed by atoms with Gasteiger partial charge in [-0.05, 0) is 39.0 Å². The van der Waals surface area contributed by atoms with Gasteiger partial charge in [0.15, 0.2) is 5.78 Å². The van der Waals surface area contributed by atoms with Crippen LogP contribution in [0.5, 0.6) is 5.75 Å². The fourth-order valence-corrected chi connectivity index (χ4v) is 1.90. The summed E-state index contributed by atoms with van der Waals surface area (Å²) in [6.45, 7) is 7.58. The van der Waals surface area contributed by atoms with Gasteiger partial charge in [0, 0.05) is 12.6 Å². The van der Waals surface area contributed by atoms with Crippen molar-refractivity contribution >= 4 is 17.4 Å². The van der Waals surface area contributed by atoms with Gasteiger partial charge in [-0.2, -0.15) is 0 Å². The molecule has 6 nitrogen and oxygen atoms in total. The van der Waals surface area contributed by atoms with Crippen LogP contribution >= 0.6 is 0 Å². The fraction of sp³-hybridized carbons (Fsp3) is 0.500. The third kappa shape index (κ3) is 6.24. The number of ketones is 1. The summed E-state index contributed by atoms with van der Waals surface area (Å²) in [6.07, 6.45) is -0.614. The molecule has 22 heavy (non-hydrogen) atoms. The van der Waals surface area contributed by atoms with Crippen LogP contribution in [-0.2, 0) is 4.79 Å². The summed E-state index contributed by atoms with van der Waals surface area (Å²) >= 11 is 0. The first-order chi connectivity index (χ1) is 10.3. The van der Waals surface area contributed by atoms with Crippen LogP contribution in [0.3, 0.4) is 0 Å². The van der Waals surface area contributed by atoms with Gasteiger partial charge in [0.2, 0.25) is 5.91 Å². The van der Waals surface area contributed by atoms with E-state index in [0.29, 0.717) is 29.6 Å². The molecule has 0 bridgehead atoms. The van der Waals surface area contributed by atoms with Gasteiger partial charge in [0.25, 0.3) is 0 Å². The van der Waals surface area contributed by atoms with Crippen LogP contribution in [0.1, 0.15) is 38.1 Å². The van der Waals surface area contributed by atoms with Crippen molar-refractivity contribution in [3.63, 3.8) is 0 Å². The third-order valence-electron chi connectivity index (χ3n) is 2.99. The summed E-state index contributed by atoms with van der Waals surface area (Å²) in [4.78, 5) is 22.8. The monoisotopic (exact) mass is 309 g/mol. The van der Waals surface area contributed by atoms with E-state index in [1.165, 1.54) is 13.8 Å². The van der Waals surface area contributed by atoms with Crippen molar-refractivity contribution < 1.29 is 24.7 Å². The lowest BCUT2D eigenvalue weighted by molar-refractivity contribution is -0.688. The number of nitrogens with two attached hydrogens (primary N) is 1. The summed E-state index contributed by atoms with van der Waals surface area (Å²) in [5.74, 6) is 0.0402. The molecule has 0 heterocycles. The average Bonchev–Trinajstić information content (AvgIpc) is 2.42. The molecule has 0 radical (unpaired) electrons. The summed E-state index contributed by atoms with van der Waals surface area (Å²) in [5, 5.41) is 14.5. The molecule has 0 aliphatic rings. The molecule has 4 N–H and O–H groups in total. The van der Waals surface area contributed by atoms with Gasteiger partial charge in [-0.25, -0.2) is 0 Å². The Morgan fingerprint density at radius 1 is 1.32 bits per heavy atom. The SMILES string of the molecule is CC(=O)Nc1ccc(OC[C@@H](O)C[NH2+]C(C)C)c(C(C)=O)c1. The highest BCUT2D eigenvalue weighted by Gasteiger charge is 2.14. The molecule has 0 aliphatic heterocycles. The molecule has 122 valence electrons. The number of nitrogens with one attached hydrogen (secondary N) is 1. The van der Waals surface area contributed by atoms with Crippen molar-refractivity contribution in [1.82, 2.24) is 0 Å². The van der Waals surface area contributed by atoms with E-state index in [9.17, 15) is 14.7 Å². The van der Waals surface area contributed by atoms with Crippen LogP contribution in [0.15, 0.2) is 18.2 Å². The number of carbonyl (C=O) groups is 2. The summed E-state index contributed by atoms with van der Waals surface area (Å²) < 4.78 is 5.55. The molecule has 1 aromatic rings. The molecule has 0 unspecified atom stereocenters. The Morgan fingerprint density at radius 2 is 2.00 bits per heavy atom. The number of rotatable bonds is 8. The zero-order chi connectivity index (χ0) is 16.7. The maximum atomic E-state index is 11.7. The molecule has 1 amide bonds. The maximum absolute atomic E-state index is 11.7. The molecule has 0 spiro atoms. The number of benzene rings is 1. The second-order valence-electron chi connectivity index (χ2n) is 5.63. The van der Waals surface area contributed by atoms with Gasteiger partial charge in [-0.1, -0.05) is 0 Å². The Bertz CT molecular complexity index is 529. The second-order valence-corrected chi connectivity index (χ2v) is 5.63. The first-order valence-corrected chi connectivity index (χ1v) is 7.36. The number of aliphatic hydroxyl groups excluding tert-OH is 1. The molecule has 0 saturated carbocycles. The third-order valence-corrected chi connectivity index (χ3v) is 2.99. The van der Waals surface area contributed by atoms with Gasteiger partial charge >= 0.3 is 0 Å². The highest BCUT2D eigenvalue weighted by Crippen LogP contribution is 2.23. The Hall–Kier alpha value is -1.92. The molecule has 1 aromatic carbocycles. The lowest BCUT2D eigenvalue weighted by Crippen LogP contribution is -2.90. The van der Waals surface area contributed by atoms with Gasteiger partial charge in [0.1, 0.15) is 25.0 Å². The summed E-state index contributed by atoms with van der Waals surface area (Å²) in [6, 6.07) is 5.27. The minimum Gasteiger partial charge on any atom is -0.490 e. The van der Waals surface area contributed by atoms with Crippen LogP contribution < -0.4 is 15.4 Å². The largest absolute Gasteiger partial charge is 0.490 e. The number of anilines is 1. The standard InChI is InChI=1S/C16H24N2O4/c1-10(2)17-8-14(21)9-22-16-6-5-13(18-12(4)20)7-15(16)11(3)19/h5-7,10,14,17,21H,8-9H2,1-4H3,(H,18,20)/p+1/t14-/m0/s1. The Morgan fingerprint density at radius 3 is 2.55 bits per heavy atom. The fourth-order valence-electron chi connectivity index (χ4n) is 1.90. The summed E-state index contributed by atoms with van der Waals surface area (Å²) in [7, 11) is 0. The Kier molecular flexibility index (Phi) is 7.01. The number of ether oxygens (including phenoxy) is 1. The summed E-state index contributed by atoms with van der Waals surface area (Å²) in [5.41, 5.74) is 0.921. The quantitative estimate of drug-likeness (QED) is 0.612. The van der Waals surface area contributed by atoms with Gasteiger partial charge in [-0.15, -0.1) is 0 Å². The number of aliphatic hydroxyl groups is 1. The molecular formula is C16H25N2O4+. The van der Waals surface area contributed by atoms with Crippen molar-refractivity contribution in [1.29, 1.82) is 0 Å². The van der Waals surface area contributed by atoms with Crippen LogP contribution in [0.2, 0.25) is 0 Å². The normalized spacial score (nSPS) is 12.1. The second kappa shape index (κ2) is 8.51. The molecule has 0 fully saturated rings. The number of hydrogen-bond acceptors (Lipinski definition) is 4. The lowest BCUT2D eigenvalue weighted by atomic mass is 10.1. The van der Waals surface area contributed by atoms with Crippen molar-refractivity contribution in [3.05, 3.63) is 23.8 Å². The van der Waals surface area contributed by atoms with Gasteiger partial charge in [0.05, 0.1) is 11.6 Å². The Balaban J connectivity index is 2.73. The van der Waals surface area contributed by atoms with Crippen LogP contribution in [0, 0.1) is 0 Å². The first kappa shape index (κ1) is 18.1. The number of Topliss-reactive ketones (excluding diaryl/α,β-unsaturated/α-hetero) is 1. The smallest absolute Gasteiger partial charge is 0.221 e. The van der Waals surface area contributed by atoms with E-state index < -0.39 is 6.10 Å². The van der Waals surface area contributed by atoms with Crippen LogP contribution in [0.4, 0.5) is 5.69 Å². The lowest BCUT2D eigenvalue weighted by Gasteiger charge is -2.15. The molecular weight excluding hydrogens is 284 g/mol. The van der Waals surface area contributed by atoms with Crippen LogP contribution in [-0.4, -0.2) is 42.1 Å². The number of amides is 1.